The molecular weight excluding hydrogens is 423 g/mol. The lowest BCUT2D eigenvalue weighted by atomic mass is 10.2. The second-order valence-electron chi connectivity index (χ2n) is 5.95. The fourth-order valence-electron chi connectivity index (χ4n) is 2.47. The number of ether oxygens (including phenoxy) is 1. The molecule has 150 valence electrons. The number of carbonyl (C=O) groups is 1. The highest BCUT2D eigenvalue weighted by Gasteiger charge is 2.29. The van der Waals surface area contributed by atoms with E-state index < -0.39 is 22.0 Å². The van der Waals surface area contributed by atoms with Gasteiger partial charge in [0.2, 0.25) is 15.9 Å². The van der Waals surface area contributed by atoms with Crippen molar-refractivity contribution in [2.24, 2.45) is 0 Å². The second-order valence-corrected chi connectivity index (χ2v) is 8.62. The van der Waals surface area contributed by atoms with Gasteiger partial charge in [-0.2, -0.15) is 0 Å². The molecule has 1 atom stereocenters. The van der Waals surface area contributed by atoms with E-state index in [2.05, 4.69) is 11.9 Å². The van der Waals surface area contributed by atoms with Crippen LogP contribution in [0.2, 0.25) is 10.0 Å². The lowest BCUT2D eigenvalue weighted by Crippen LogP contribution is -2.45. The van der Waals surface area contributed by atoms with Gasteiger partial charge in [0.15, 0.2) is 0 Å². The van der Waals surface area contributed by atoms with Gasteiger partial charge in [-0.05, 0) is 49.4 Å². The first kappa shape index (κ1) is 22.1. The largest absolute Gasteiger partial charge is 0.490 e. The summed E-state index contributed by atoms with van der Waals surface area (Å²) in [7, 11) is -3.76. The molecule has 0 saturated carbocycles. The number of amides is 1. The number of hydrogen-bond acceptors (Lipinski definition) is 4. The molecule has 0 fully saturated rings. The monoisotopic (exact) mass is 442 g/mol. The Morgan fingerprint density at radius 2 is 1.86 bits per heavy atom. The number of benzene rings is 2. The average molecular weight is 443 g/mol. The topological polar surface area (TPSA) is 75.7 Å². The molecule has 1 N–H and O–H groups in total. The summed E-state index contributed by atoms with van der Waals surface area (Å²) in [6.07, 6.45) is 2.64. The molecule has 0 heterocycles. The van der Waals surface area contributed by atoms with E-state index in [1.54, 1.807) is 30.3 Å². The van der Waals surface area contributed by atoms with Crippen LogP contribution in [0, 0.1) is 0 Å². The van der Waals surface area contributed by atoms with Gasteiger partial charge in [-0.3, -0.25) is 9.10 Å². The van der Waals surface area contributed by atoms with Crippen LogP contribution in [0.4, 0.5) is 11.4 Å². The maximum absolute atomic E-state index is 12.7. The van der Waals surface area contributed by atoms with Crippen LogP contribution in [-0.4, -0.2) is 33.2 Å². The molecular formula is C19H20Cl2N2O4S. The SMILES string of the molecule is C=CCOc1ccc(NC(=O)C(C)N(c2ccc(Cl)c(Cl)c2)S(C)(=O)=O)cc1. The maximum Gasteiger partial charge on any atom is 0.247 e. The summed E-state index contributed by atoms with van der Waals surface area (Å²) in [4.78, 5) is 12.7. The number of nitrogens with one attached hydrogen (secondary N) is 1. The fourth-order valence-corrected chi connectivity index (χ4v) is 3.93. The minimum absolute atomic E-state index is 0.190. The molecule has 0 aromatic heterocycles. The standard InChI is InChI=1S/C19H20Cl2N2O4S/c1-4-11-27-16-8-5-14(6-9-16)22-19(24)13(2)23(28(3,25)26)15-7-10-17(20)18(21)12-15/h4-10,12-13H,1,11H2,2-3H3,(H,22,24). The number of sulfonamides is 1. The number of carbonyl (C=O) groups excluding carboxylic acids is 1. The van der Waals surface area contributed by atoms with Crippen molar-refractivity contribution in [3.63, 3.8) is 0 Å². The lowest BCUT2D eigenvalue weighted by molar-refractivity contribution is -0.116. The van der Waals surface area contributed by atoms with Gasteiger partial charge in [0.25, 0.3) is 0 Å². The van der Waals surface area contributed by atoms with E-state index in [-0.39, 0.29) is 15.7 Å². The van der Waals surface area contributed by atoms with E-state index in [1.165, 1.54) is 25.1 Å². The molecule has 6 nitrogen and oxygen atoms in total. The van der Waals surface area contributed by atoms with E-state index >= 15 is 0 Å². The van der Waals surface area contributed by atoms with Crippen LogP contribution < -0.4 is 14.4 Å². The Morgan fingerprint density at radius 3 is 2.39 bits per heavy atom. The van der Waals surface area contributed by atoms with Crippen molar-refractivity contribution in [2.45, 2.75) is 13.0 Å². The Hall–Kier alpha value is -2.22. The molecule has 0 aliphatic rings. The highest BCUT2D eigenvalue weighted by Crippen LogP contribution is 2.30. The van der Waals surface area contributed by atoms with Crippen LogP contribution >= 0.6 is 23.2 Å². The Labute approximate surface area is 174 Å². The first-order valence-corrected chi connectivity index (χ1v) is 10.8. The van der Waals surface area contributed by atoms with Gasteiger partial charge in [-0.1, -0.05) is 35.9 Å². The summed E-state index contributed by atoms with van der Waals surface area (Å²) >= 11 is 11.9. The van der Waals surface area contributed by atoms with Gasteiger partial charge in [-0.15, -0.1) is 0 Å². The molecule has 1 unspecified atom stereocenters. The summed E-state index contributed by atoms with van der Waals surface area (Å²) in [6.45, 7) is 5.43. The van der Waals surface area contributed by atoms with Crippen molar-refractivity contribution >= 4 is 50.5 Å². The third-order valence-corrected chi connectivity index (χ3v) is 5.72. The summed E-state index contributed by atoms with van der Waals surface area (Å²) in [5.74, 6) is 0.121. The zero-order valence-corrected chi connectivity index (χ0v) is 17.7. The van der Waals surface area contributed by atoms with Crippen molar-refractivity contribution in [1.29, 1.82) is 0 Å². The summed E-state index contributed by atoms with van der Waals surface area (Å²) in [6, 6.07) is 10.0. The summed E-state index contributed by atoms with van der Waals surface area (Å²) in [5.41, 5.74) is 0.748. The van der Waals surface area contributed by atoms with Crippen molar-refractivity contribution in [3.8, 4) is 5.75 Å². The Balaban J connectivity index is 2.21. The number of rotatable bonds is 8. The van der Waals surface area contributed by atoms with Crippen LogP contribution in [-0.2, 0) is 14.8 Å². The molecule has 28 heavy (non-hydrogen) atoms. The first-order chi connectivity index (χ1) is 13.1. The maximum atomic E-state index is 12.7. The lowest BCUT2D eigenvalue weighted by Gasteiger charge is -2.28. The van der Waals surface area contributed by atoms with Gasteiger partial charge in [0.1, 0.15) is 18.4 Å². The smallest absolute Gasteiger partial charge is 0.247 e. The van der Waals surface area contributed by atoms with E-state index in [1.807, 2.05) is 0 Å². The van der Waals surface area contributed by atoms with Crippen LogP contribution in [0.15, 0.2) is 55.1 Å². The molecule has 0 aliphatic carbocycles. The van der Waals surface area contributed by atoms with Crippen molar-refractivity contribution in [2.75, 3.05) is 22.5 Å². The molecule has 9 heteroatoms. The van der Waals surface area contributed by atoms with E-state index in [0.717, 1.165) is 10.6 Å². The van der Waals surface area contributed by atoms with Gasteiger partial charge in [-0.25, -0.2) is 8.42 Å². The minimum atomic E-state index is -3.76. The molecule has 2 rings (SSSR count). The zero-order valence-electron chi connectivity index (χ0n) is 15.4. The molecule has 0 spiro atoms. The van der Waals surface area contributed by atoms with Crippen molar-refractivity contribution in [1.82, 2.24) is 0 Å². The quantitative estimate of drug-likeness (QED) is 0.616. The number of anilines is 2. The Kier molecular flexibility index (Phi) is 7.35. The van der Waals surface area contributed by atoms with Crippen LogP contribution in [0.3, 0.4) is 0 Å². The zero-order chi connectivity index (χ0) is 20.9. The number of hydrogen-bond donors (Lipinski definition) is 1. The normalized spacial score (nSPS) is 12.1. The molecule has 2 aromatic rings. The third kappa shape index (κ3) is 5.64. The molecule has 0 aliphatic heterocycles. The highest BCUT2D eigenvalue weighted by atomic mass is 35.5. The Bertz CT molecular complexity index is 962. The van der Waals surface area contributed by atoms with E-state index in [4.69, 9.17) is 27.9 Å². The van der Waals surface area contributed by atoms with Crippen molar-refractivity contribution < 1.29 is 17.9 Å². The fraction of sp³-hybridized carbons (Fsp3) is 0.211. The third-order valence-electron chi connectivity index (χ3n) is 3.74. The van der Waals surface area contributed by atoms with Crippen LogP contribution in [0.25, 0.3) is 0 Å². The van der Waals surface area contributed by atoms with E-state index in [9.17, 15) is 13.2 Å². The van der Waals surface area contributed by atoms with Gasteiger partial charge in [0, 0.05) is 5.69 Å². The van der Waals surface area contributed by atoms with Gasteiger partial charge >= 0.3 is 0 Å². The summed E-state index contributed by atoms with van der Waals surface area (Å²) < 4.78 is 31.0. The van der Waals surface area contributed by atoms with Gasteiger partial charge < -0.3 is 10.1 Å². The van der Waals surface area contributed by atoms with Gasteiger partial charge in [0.05, 0.1) is 22.0 Å². The highest BCUT2D eigenvalue weighted by molar-refractivity contribution is 7.92. The number of halogens is 2. The summed E-state index contributed by atoms with van der Waals surface area (Å²) in [5, 5.41) is 3.17. The van der Waals surface area contributed by atoms with Crippen LogP contribution in [0.5, 0.6) is 5.75 Å². The van der Waals surface area contributed by atoms with Crippen molar-refractivity contribution in [3.05, 3.63) is 65.2 Å². The molecule has 2 aromatic carbocycles. The average Bonchev–Trinajstić information content (AvgIpc) is 2.63. The predicted octanol–water partition coefficient (Wildman–Crippen LogP) is 4.35. The second kappa shape index (κ2) is 9.32. The molecule has 0 radical (unpaired) electrons. The first-order valence-electron chi connectivity index (χ1n) is 8.22. The molecule has 0 bridgehead atoms. The van der Waals surface area contributed by atoms with Crippen LogP contribution in [0.1, 0.15) is 6.92 Å². The predicted molar refractivity (Wildman–Crippen MR) is 114 cm³/mol. The number of nitrogens with zero attached hydrogens (tertiary/aromatic N) is 1. The molecule has 1 amide bonds. The minimum Gasteiger partial charge on any atom is -0.490 e. The van der Waals surface area contributed by atoms with E-state index in [0.29, 0.717) is 18.0 Å². The molecule has 0 saturated heterocycles. The Morgan fingerprint density at radius 1 is 1.21 bits per heavy atom.